The van der Waals surface area contributed by atoms with Crippen molar-refractivity contribution >= 4 is 33.0 Å². The molecule has 0 unspecified atom stereocenters. The van der Waals surface area contributed by atoms with Crippen LogP contribution in [-0.4, -0.2) is 20.2 Å². The normalized spacial score (nSPS) is 11.2. The van der Waals surface area contributed by atoms with Gasteiger partial charge in [0.15, 0.2) is 10.7 Å². The lowest BCUT2D eigenvalue weighted by Gasteiger charge is -2.03. The smallest absolute Gasteiger partial charge is 0.193 e. The fourth-order valence-corrected chi connectivity index (χ4v) is 3.18. The van der Waals surface area contributed by atoms with Gasteiger partial charge in [-0.25, -0.2) is 4.98 Å². The lowest BCUT2D eigenvalue weighted by atomic mass is 10.0. The van der Waals surface area contributed by atoms with Gasteiger partial charge in [0.1, 0.15) is 0 Å². The van der Waals surface area contributed by atoms with E-state index in [2.05, 4.69) is 9.97 Å². The average Bonchev–Trinajstić information content (AvgIpc) is 3.07. The first-order chi connectivity index (χ1) is 10.3. The molecule has 21 heavy (non-hydrogen) atoms. The fraction of sp³-hybridized carbons (Fsp3) is 0.0625. The van der Waals surface area contributed by atoms with Crippen LogP contribution in [0.4, 0.5) is 0 Å². The van der Waals surface area contributed by atoms with Gasteiger partial charge in [0.25, 0.3) is 0 Å². The molecule has 0 bridgehead atoms. The number of nitrogens with zero attached hydrogens (tertiary/aromatic N) is 3. The topological polar surface area (TPSA) is 47.3 Å². The van der Waals surface area contributed by atoms with Crippen molar-refractivity contribution in [3.8, 4) is 0 Å². The Bertz CT molecular complexity index is 920. The van der Waals surface area contributed by atoms with Crippen molar-refractivity contribution in [3.05, 3.63) is 65.6 Å². The van der Waals surface area contributed by atoms with Gasteiger partial charge in [-0.05, 0) is 12.1 Å². The van der Waals surface area contributed by atoms with Gasteiger partial charge in [0.2, 0.25) is 0 Å². The highest BCUT2D eigenvalue weighted by atomic mass is 32.1. The van der Waals surface area contributed by atoms with Gasteiger partial charge >= 0.3 is 0 Å². The van der Waals surface area contributed by atoms with E-state index in [-0.39, 0.29) is 5.78 Å². The summed E-state index contributed by atoms with van der Waals surface area (Å²) in [5, 5.41) is 2.87. The van der Waals surface area contributed by atoms with E-state index >= 15 is 0 Å². The van der Waals surface area contributed by atoms with Crippen LogP contribution in [-0.2, 0) is 6.42 Å². The number of carbonyl (C=O) groups excluding carboxylic acids is 1. The number of benzene rings is 1. The molecule has 4 aromatic rings. The largest absolute Gasteiger partial charge is 0.297 e. The number of para-hydroxylation sites is 1. The molecule has 0 N–H and O–H groups in total. The quantitative estimate of drug-likeness (QED) is 0.544. The number of Topliss-reactive ketones (excluding diaryl/α,β-unsaturated/α-hetero) is 1. The van der Waals surface area contributed by atoms with Crippen LogP contribution in [0.1, 0.15) is 16.1 Å². The Morgan fingerprint density at radius 2 is 2.14 bits per heavy atom. The van der Waals surface area contributed by atoms with Gasteiger partial charge in [-0.1, -0.05) is 18.2 Å². The highest BCUT2D eigenvalue weighted by Crippen LogP contribution is 2.19. The maximum Gasteiger partial charge on any atom is 0.193 e. The molecule has 4 rings (SSSR count). The van der Waals surface area contributed by atoms with Crippen molar-refractivity contribution < 1.29 is 4.79 Å². The van der Waals surface area contributed by atoms with Crippen molar-refractivity contribution in [1.29, 1.82) is 0 Å². The molecular weight excluding hydrogens is 282 g/mol. The molecule has 0 aliphatic rings. The summed E-state index contributed by atoms with van der Waals surface area (Å²) in [4.78, 5) is 22.2. The zero-order chi connectivity index (χ0) is 14.2. The number of aromatic nitrogens is 3. The van der Waals surface area contributed by atoms with Crippen LogP contribution in [0.3, 0.4) is 0 Å². The Balaban J connectivity index is 1.71. The van der Waals surface area contributed by atoms with E-state index in [0.29, 0.717) is 12.0 Å². The summed E-state index contributed by atoms with van der Waals surface area (Å²) in [5.41, 5.74) is 2.35. The molecule has 4 nitrogen and oxygen atoms in total. The number of carbonyl (C=O) groups is 1. The van der Waals surface area contributed by atoms with Crippen LogP contribution < -0.4 is 0 Å². The Kier molecular flexibility index (Phi) is 2.79. The molecule has 3 heterocycles. The summed E-state index contributed by atoms with van der Waals surface area (Å²) in [6.45, 7) is 0. The first-order valence-corrected chi connectivity index (χ1v) is 7.47. The highest BCUT2D eigenvalue weighted by molar-refractivity contribution is 7.15. The van der Waals surface area contributed by atoms with E-state index in [1.54, 1.807) is 23.6 Å². The zero-order valence-electron chi connectivity index (χ0n) is 11.1. The SMILES string of the molecule is O=C(Cc1cn2ccsc2n1)c1ccnc2ccccc12. The number of thiazole rings is 1. The number of hydrogen-bond acceptors (Lipinski definition) is 4. The second kappa shape index (κ2) is 4.79. The molecule has 1 aromatic carbocycles. The standard InChI is InChI=1S/C16H11N3OS/c20-15(9-11-10-19-7-8-21-16(19)18-11)13-5-6-17-14-4-2-1-3-12(13)14/h1-8,10H,9H2. The van der Waals surface area contributed by atoms with Gasteiger partial charge < -0.3 is 0 Å². The lowest BCUT2D eigenvalue weighted by Crippen LogP contribution is -2.05. The molecule has 0 amide bonds. The molecule has 0 radical (unpaired) electrons. The Hall–Kier alpha value is -2.53. The average molecular weight is 293 g/mol. The molecule has 0 saturated carbocycles. The first kappa shape index (κ1) is 12.2. The summed E-state index contributed by atoms with van der Waals surface area (Å²) in [6, 6.07) is 9.48. The molecule has 102 valence electrons. The van der Waals surface area contributed by atoms with Crippen molar-refractivity contribution in [2.45, 2.75) is 6.42 Å². The Morgan fingerprint density at radius 1 is 1.24 bits per heavy atom. The van der Waals surface area contributed by atoms with Crippen molar-refractivity contribution in [1.82, 2.24) is 14.4 Å². The zero-order valence-corrected chi connectivity index (χ0v) is 11.9. The third-order valence-corrected chi connectivity index (χ3v) is 4.20. The van der Waals surface area contributed by atoms with Gasteiger partial charge in [-0.2, -0.15) is 0 Å². The third kappa shape index (κ3) is 2.11. The number of ketones is 1. The van der Waals surface area contributed by atoms with Gasteiger partial charge in [0, 0.05) is 34.9 Å². The molecule has 0 spiro atoms. The van der Waals surface area contributed by atoms with E-state index in [1.165, 1.54) is 0 Å². The minimum absolute atomic E-state index is 0.0688. The highest BCUT2D eigenvalue weighted by Gasteiger charge is 2.13. The molecule has 0 aliphatic carbocycles. The third-order valence-electron chi connectivity index (χ3n) is 3.43. The van der Waals surface area contributed by atoms with E-state index < -0.39 is 0 Å². The number of fused-ring (bicyclic) bond motifs is 2. The molecule has 0 aliphatic heterocycles. The maximum atomic E-state index is 12.6. The van der Waals surface area contributed by atoms with E-state index in [0.717, 1.165) is 21.6 Å². The summed E-state index contributed by atoms with van der Waals surface area (Å²) in [7, 11) is 0. The van der Waals surface area contributed by atoms with Crippen LogP contribution >= 0.6 is 11.3 Å². The maximum absolute atomic E-state index is 12.6. The van der Waals surface area contributed by atoms with Crippen molar-refractivity contribution in [3.63, 3.8) is 0 Å². The van der Waals surface area contributed by atoms with E-state index in [1.807, 2.05) is 46.4 Å². The molecule has 0 saturated heterocycles. The predicted molar refractivity (Wildman–Crippen MR) is 82.8 cm³/mol. The second-order valence-corrected chi connectivity index (χ2v) is 5.67. The van der Waals surface area contributed by atoms with Crippen LogP contribution in [0.15, 0.2) is 54.3 Å². The molecule has 0 atom stereocenters. The number of hydrogen-bond donors (Lipinski definition) is 0. The molecule has 3 aromatic heterocycles. The minimum atomic E-state index is 0.0688. The number of imidazole rings is 1. The fourth-order valence-electron chi connectivity index (χ4n) is 2.46. The molecule has 5 heteroatoms. The van der Waals surface area contributed by atoms with Gasteiger partial charge in [0.05, 0.1) is 17.6 Å². The second-order valence-electron chi connectivity index (χ2n) is 4.80. The van der Waals surface area contributed by atoms with Gasteiger partial charge in [-0.3, -0.25) is 14.2 Å². The minimum Gasteiger partial charge on any atom is -0.297 e. The number of rotatable bonds is 3. The van der Waals surface area contributed by atoms with Gasteiger partial charge in [-0.15, -0.1) is 11.3 Å². The monoisotopic (exact) mass is 293 g/mol. The molecule has 0 fully saturated rings. The summed E-state index contributed by atoms with van der Waals surface area (Å²) in [5.74, 6) is 0.0688. The van der Waals surface area contributed by atoms with Crippen molar-refractivity contribution in [2.24, 2.45) is 0 Å². The predicted octanol–water partition coefficient (Wildman–Crippen LogP) is 3.37. The van der Waals surface area contributed by atoms with E-state index in [4.69, 9.17) is 0 Å². The van der Waals surface area contributed by atoms with Crippen LogP contribution in [0.5, 0.6) is 0 Å². The molecular formula is C16H11N3OS. The summed E-state index contributed by atoms with van der Waals surface area (Å²) >= 11 is 1.56. The summed E-state index contributed by atoms with van der Waals surface area (Å²) in [6.07, 6.45) is 5.85. The van der Waals surface area contributed by atoms with Crippen LogP contribution in [0, 0.1) is 0 Å². The van der Waals surface area contributed by atoms with Crippen LogP contribution in [0.25, 0.3) is 15.9 Å². The first-order valence-electron chi connectivity index (χ1n) is 6.59. The lowest BCUT2D eigenvalue weighted by molar-refractivity contribution is 0.0993. The van der Waals surface area contributed by atoms with Crippen LogP contribution in [0.2, 0.25) is 0 Å². The summed E-state index contributed by atoms with van der Waals surface area (Å²) < 4.78 is 1.94. The Morgan fingerprint density at radius 3 is 3.05 bits per heavy atom. The van der Waals surface area contributed by atoms with E-state index in [9.17, 15) is 4.79 Å². The van der Waals surface area contributed by atoms with Crippen molar-refractivity contribution in [2.75, 3.05) is 0 Å². The number of pyridine rings is 1. The Labute approximate surface area is 124 Å².